The molecule has 0 radical (unpaired) electrons. The predicted molar refractivity (Wildman–Crippen MR) is 93.6 cm³/mol. The van der Waals surface area contributed by atoms with Gasteiger partial charge in [0.15, 0.2) is 6.10 Å². The van der Waals surface area contributed by atoms with E-state index in [4.69, 9.17) is 18.9 Å². The molecule has 1 aliphatic carbocycles. The van der Waals surface area contributed by atoms with Crippen molar-refractivity contribution in [3.63, 3.8) is 0 Å². The summed E-state index contributed by atoms with van der Waals surface area (Å²) < 4.78 is 20.9. The minimum Gasteiger partial charge on any atom is -0.466 e. The Morgan fingerprint density at radius 2 is 1.59 bits per heavy atom. The van der Waals surface area contributed by atoms with Crippen molar-refractivity contribution in [2.24, 2.45) is 5.92 Å². The Kier molecular flexibility index (Phi) is 8.05. The van der Waals surface area contributed by atoms with Crippen LogP contribution in [0.1, 0.15) is 54.4 Å². The Bertz CT molecular complexity index is 568. The monoisotopic (exact) mass is 387 g/mol. The molecule has 154 valence electrons. The highest BCUT2D eigenvalue weighted by Gasteiger charge is 2.48. The van der Waals surface area contributed by atoms with Crippen LogP contribution in [0.3, 0.4) is 0 Å². The Morgan fingerprint density at radius 3 is 2.07 bits per heavy atom. The van der Waals surface area contributed by atoms with Crippen LogP contribution in [0.5, 0.6) is 0 Å². The lowest BCUT2D eigenvalue weighted by atomic mass is 9.80. The predicted octanol–water partition coefficient (Wildman–Crippen LogP) is 1.72. The number of rotatable bonds is 5. The summed E-state index contributed by atoms with van der Waals surface area (Å²) in [6.45, 7) is 9.36. The number of carbonyl (C=O) groups excluding carboxylic acids is 4. The molecular weight excluding hydrogens is 358 g/mol. The number of carbonyl (C=O) groups is 4. The van der Waals surface area contributed by atoms with Gasteiger partial charge in [-0.25, -0.2) is 4.79 Å². The molecule has 0 spiro atoms. The Balaban J connectivity index is 3.15. The molecule has 0 saturated heterocycles. The third kappa shape index (κ3) is 7.44. The molecule has 9 nitrogen and oxygen atoms in total. The summed E-state index contributed by atoms with van der Waals surface area (Å²) in [5.41, 5.74) is -0.760. The van der Waals surface area contributed by atoms with E-state index < -0.39 is 53.8 Å². The maximum Gasteiger partial charge on any atom is 0.408 e. The summed E-state index contributed by atoms with van der Waals surface area (Å²) in [7, 11) is 0. The molecule has 1 aliphatic rings. The molecular formula is C18H29NO8. The lowest BCUT2D eigenvalue weighted by Gasteiger charge is -2.40. The van der Waals surface area contributed by atoms with Crippen molar-refractivity contribution < 1.29 is 38.1 Å². The Morgan fingerprint density at radius 1 is 1.00 bits per heavy atom. The van der Waals surface area contributed by atoms with Crippen LogP contribution < -0.4 is 5.32 Å². The van der Waals surface area contributed by atoms with Gasteiger partial charge in [-0.1, -0.05) is 0 Å². The average Bonchev–Trinajstić information content (AvgIpc) is 2.47. The highest BCUT2D eigenvalue weighted by atomic mass is 16.6. The van der Waals surface area contributed by atoms with Crippen molar-refractivity contribution in [2.75, 3.05) is 6.61 Å². The van der Waals surface area contributed by atoms with E-state index in [0.29, 0.717) is 0 Å². The Hall–Kier alpha value is -2.32. The van der Waals surface area contributed by atoms with Crippen molar-refractivity contribution in [1.29, 1.82) is 0 Å². The molecule has 0 unspecified atom stereocenters. The van der Waals surface area contributed by atoms with Crippen LogP contribution in [0.15, 0.2) is 0 Å². The number of amides is 1. The molecule has 1 fully saturated rings. The Labute approximate surface area is 159 Å². The second kappa shape index (κ2) is 9.57. The van der Waals surface area contributed by atoms with Gasteiger partial charge in [0.05, 0.1) is 18.6 Å². The van der Waals surface area contributed by atoms with Gasteiger partial charge in [0.1, 0.15) is 11.7 Å². The molecule has 0 aromatic heterocycles. The SMILES string of the molecule is CCOC(=O)[C@@H]1CC[C@H](OC(C)=O)[C@H](OC(C)=O)[C@H]1NC(=O)OC(C)(C)C. The second-order valence-electron chi connectivity index (χ2n) is 7.33. The highest BCUT2D eigenvalue weighted by molar-refractivity contribution is 5.76. The number of esters is 3. The van der Waals surface area contributed by atoms with Crippen molar-refractivity contribution in [1.82, 2.24) is 5.32 Å². The quantitative estimate of drug-likeness (QED) is 0.560. The minimum absolute atomic E-state index is 0.167. The fourth-order valence-corrected chi connectivity index (χ4v) is 2.97. The maximum absolute atomic E-state index is 12.4. The number of nitrogens with one attached hydrogen (secondary N) is 1. The first-order valence-corrected chi connectivity index (χ1v) is 8.95. The first-order valence-electron chi connectivity index (χ1n) is 8.95. The smallest absolute Gasteiger partial charge is 0.408 e. The van der Waals surface area contributed by atoms with E-state index in [9.17, 15) is 19.2 Å². The molecule has 0 aromatic rings. The molecule has 1 saturated carbocycles. The van der Waals surface area contributed by atoms with Crippen molar-refractivity contribution in [2.45, 2.75) is 78.2 Å². The molecule has 0 aromatic carbocycles. The summed E-state index contributed by atoms with van der Waals surface area (Å²) in [6.07, 6.45) is -2.04. The molecule has 0 heterocycles. The van der Waals surface area contributed by atoms with Crippen LogP contribution in [-0.2, 0) is 33.3 Å². The summed E-state index contributed by atoms with van der Waals surface area (Å²) in [6, 6.07) is -0.957. The van der Waals surface area contributed by atoms with E-state index in [1.807, 2.05) is 0 Å². The van der Waals surface area contributed by atoms with E-state index in [-0.39, 0.29) is 19.4 Å². The van der Waals surface area contributed by atoms with E-state index in [0.717, 1.165) is 0 Å². The summed E-state index contributed by atoms with van der Waals surface area (Å²) in [5.74, 6) is -2.48. The minimum atomic E-state index is -1.04. The first kappa shape index (κ1) is 22.7. The van der Waals surface area contributed by atoms with Crippen molar-refractivity contribution in [3.8, 4) is 0 Å². The van der Waals surface area contributed by atoms with Crippen LogP contribution in [0.25, 0.3) is 0 Å². The first-order chi connectivity index (χ1) is 12.4. The number of alkyl carbamates (subject to hydrolysis) is 1. The van der Waals surface area contributed by atoms with Crippen molar-refractivity contribution in [3.05, 3.63) is 0 Å². The number of hydrogen-bond donors (Lipinski definition) is 1. The van der Waals surface area contributed by atoms with E-state index >= 15 is 0 Å². The van der Waals surface area contributed by atoms with Crippen LogP contribution in [0.2, 0.25) is 0 Å². The molecule has 4 atom stereocenters. The van der Waals surface area contributed by atoms with Gasteiger partial charge in [-0.05, 0) is 40.5 Å². The number of hydrogen-bond acceptors (Lipinski definition) is 8. The normalized spacial score (nSPS) is 25.1. The van der Waals surface area contributed by atoms with Gasteiger partial charge in [0.25, 0.3) is 0 Å². The zero-order valence-corrected chi connectivity index (χ0v) is 16.7. The highest BCUT2D eigenvalue weighted by Crippen LogP contribution is 2.31. The van der Waals surface area contributed by atoms with Crippen molar-refractivity contribution >= 4 is 24.0 Å². The third-order valence-electron chi connectivity index (χ3n) is 3.81. The zero-order chi connectivity index (χ0) is 20.8. The molecule has 1 amide bonds. The second-order valence-corrected chi connectivity index (χ2v) is 7.33. The zero-order valence-electron chi connectivity index (χ0n) is 16.7. The van der Waals surface area contributed by atoms with Gasteiger partial charge in [-0.3, -0.25) is 14.4 Å². The van der Waals surface area contributed by atoms with Crippen LogP contribution >= 0.6 is 0 Å². The van der Waals surface area contributed by atoms with Gasteiger partial charge < -0.3 is 24.3 Å². The average molecular weight is 387 g/mol. The van der Waals surface area contributed by atoms with Gasteiger partial charge >= 0.3 is 24.0 Å². The largest absolute Gasteiger partial charge is 0.466 e. The van der Waals surface area contributed by atoms with Gasteiger partial charge in [0.2, 0.25) is 0 Å². The maximum atomic E-state index is 12.4. The van der Waals surface area contributed by atoms with Gasteiger partial charge in [0, 0.05) is 13.8 Å². The van der Waals surface area contributed by atoms with Crippen LogP contribution in [0.4, 0.5) is 4.79 Å². The van der Waals surface area contributed by atoms with Crippen LogP contribution in [0, 0.1) is 5.92 Å². The van der Waals surface area contributed by atoms with E-state index in [1.54, 1.807) is 27.7 Å². The lowest BCUT2D eigenvalue weighted by molar-refractivity contribution is -0.178. The fraction of sp³-hybridized carbons (Fsp3) is 0.778. The molecule has 9 heteroatoms. The van der Waals surface area contributed by atoms with Gasteiger partial charge in [-0.2, -0.15) is 0 Å². The fourth-order valence-electron chi connectivity index (χ4n) is 2.97. The van der Waals surface area contributed by atoms with E-state index in [2.05, 4.69) is 5.32 Å². The number of ether oxygens (including phenoxy) is 4. The molecule has 27 heavy (non-hydrogen) atoms. The van der Waals surface area contributed by atoms with Gasteiger partial charge in [-0.15, -0.1) is 0 Å². The molecule has 0 bridgehead atoms. The van der Waals surface area contributed by atoms with Crippen LogP contribution in [-0.4, -0.2) is 54.5 Å². The standard InChI is InChI=1S/C18H29NO8/c1-7-24-16(22)12-8-9-13(25-10(2)20)15(26-11(3)21)14(12)19-17(23)27-18(4,5)6/h12-15H,7-9H2,1-6H3,(H,19,23)/t12-,13+,14+,15+/m1/s1. The summed E-state index contributed by atoms with van der Waals surface area (Å²) in [4.78, 5) is 47.6. The summed E-state index contributed by atoms with van der Waals surface area (Å²) in [5, 5.41) is 2.59. The summed E-state index contributed by atoms with van der Waals surface area (Å²) >= 11 is 0. The lowest BCUT2D eigenvalue weighted by Crippen LogP contribution is -2.60. The topological polar surface area (TPSA) is 117 Å². The third-order valence-corrected chi connectivity index (χ3v) is 3.81. The molecule has 0 aliphatic heterocycles. The molecule has 1 N–H and O–H groups in total. The molecule has 1 rings (SSSR count). The van der Waals surface area contributed by atoms with E-state index in [1.165, 1.54) is 13.8 Å².